The Bertz CT molecular complexity index is 778. The van der Waals surface area contributed by atoms with E-state index in [1.54, 1.807) is 0 Å². The third-order valence-corrected chi connectivity index (χ3v) is 2.89. The molecule has 3 aromatic rings. The molecule has 0 N–H and O–H groups in total. The van der Waals surface area contributed by atoms with Crippen LogP contribution in [0.25, 0.3) is 16.5 Å². The average Bonchev–Trinajstić information content (AvgIpc) is 2.88. The van der Waals surface area contributed by atoms with E-state index >= 15 is 0 Å². The summed E-state index contributed by atoms with van der Waals surface area (Å²) in [5.41, 5.74) is 1.18. The van der Waals surface area contributed by atoms with Gasteiger partial charge in [-0.25, -0.2) is 9.97 Å². The number of fused-ring (bicyclic) bond motifs is 1. The van der Waals surface area contributed by atoms with E-state index in [0.29, 0.717) is 17.6 Å². The van der Waals surface area contributed by atoms with Crippen LogP contribution in [0.5, 0.6) is 0 Å². The van der Waals surface area contributed by atoms with Crippen molar-refractivity contribution in [2.45, 2.75) is 0 Å². The zero-order valence-corrected chi connectivity index (χ0v) is 10.9. The van der Waals surface area contributed by atoms with Gasteiger partial charge in [0.2, 0.25) is 5.28 Å². The van der Waals surface area contributed by atoms with Gasteiger partial charge in [0.1, 0.15) is 24.0 Å². The quantitative estimate of drug-likeness (QED) is 0.547. The summed E-state index contributed by atoms with van der Waals surface area (Å²) in [4.78, 5) is 22.6. The number of halogens is 1. The maximum absolute atomic E-state index is 10.8. The minimum absolute atomic E-state index is 0.0583. The fourth-order valence-electron chi connectivity index (χ4n) is 1.86. The lowest BCUT2D eigenvalue weighted by Crippen LogP contribution is -1.97. The number of carbonyl (C=O) groups is 1. The Kier molecular flexibility index (Phi) is 3.26. The minimum Gasteiger partial charge on any atom is -0.456 e. The first-order valence-corrected chi connectivity index (χ1v) is 6.15. The maximum Gasteiger partial charge on any atom is 0.225 e. The second kappa shape index (κ2) is 5.22. The van der Waals surface area contributed by atoms with Gasteiger partial charge in [-0.3, -0.25) is 4.79 Å². The molecule has 0 aliphatic rings. The normalized spacial score (nSPS) is 11.8. The molecule has 5 nitrogen and oxygen atoms in total. The van der Waals surface area contributed by atoms with Crippen LogP contribution >= 0.6 is 11.6 Å². The Morgan fingerprint density at radius 2 is 2.10 bits per heavy atom. The zero-order valence-electron chi connectivity index (χ0n) is 10.2. The first-order valence-electron chi connectivity index (χ1n) is 5.77. The molecule has 0 bridgehead atoms. The molecule has 3 rings (SSSR count). The van der Waals surface area contributed by atoms with Crippen molar-refractivity contribution in [3.63, 3.8) is 0 Å². The highest BCUT2D eigenvalue weighted by molar-refractivity contribution is 6.28. The van der Waals surface area contributed by atoms with Crippen LogP contribution < -0.4 is 0 Å². The van der Waals surface area contributed by atoms with Gasteiger partial charge in [-0.15, -0.1) is 0 Å². The van der Waals surface area contributed by atoms with E-state index in [1.165, 1.54) is 12.4 Å². The molecule has 0 aliphatic heterocycles. The molecule has 1 aromatic carbocycles. The highest BCUT2D eigenvalue weighted by Crippen LogP contribution is 2.27. The van der Waals surface area contributed by atoms with Gasteiger partial charge in [0, 0.05) is 5.39 Å². The minimum atomic E-state index is 0.0583. The van der Waals surface area contributed by atoms with Crippen molar-refractivity contribution in [3.8, 4) is 0 Å². The van der Waals surface area contributed by atoms with E-state index in [1.807, 2.05) is 30.3 Å². The van der Waals surface area contributed by atoms with E-state index in [-0.39, 0.29) is 11.1 Å². The third-order valence-electron chi connectivity index (χ3n) is 2.71. The topological polar surface area (TPSA) is 68.9 Å². The average molecular weight is 286 g/mol. The second-order valence-electron chi connectivity index (χ2n) is 3.94. The molecule has 20 heavy (non-hydrogen) atoms. The monoisotopic (exact) mass is 285 g/mol. The van der Waals surface area contributed by atoms with Gasteiger partial charge in [-0.1, -0.05) is 18.2 Å². The number of furan rings is 1. The van der Waals surface area contributed by atoms with Gasteiger partial charge < -0.3 is 4.42 Å². The first-order chi connectivity index (χ1) is 9.78. The SMILES string of the molecule is O=C/C=C(/c1ncnc(Cl)n1)c1cc2ccccc2o1. The molecule has 2 heterocycles. The maximum atomic E-state index is 10.8. The van der Waals surface area contributed by atoms with Crippen molar-refractivity contribution in [2.75, 3.05) is 0 Å². The molecular weight excluding hydrogens is 278 g/mol. The fraction of sp³-hybridized carbons (Fsp3) is 0. The van der Waals surface area contributed by atoms with E-state index in [2.05, 4.69) is 15.0 Å². The van der Waals surface area contributed by atoms with Gasteiger partial charge in [-0.05, 0) is 29.8 Å². The number of nitrogens with zero attached hydrogens (tertiary/aromatic N) is 3. The van der Waals surface area contributed by atoms with Crippen LogP contribution in [-0.2, 0) is 4.79 Å². The first kappa shape index (κ1) is 12.5. The van der Waals surface area contributed by atoms with Crippen molar-refractivity contribution >= 4 is 34.4 Å². The Hall–Kier alpha value is -2.53. The van der Waals surface area contributed by atoms with Crippen LogP contribution in [0.1, 0.15) is 11.6 Å². The molecule has 6 heteroatoms. The predicted octanol–water partition coefficient (Wildman–Crippen LogP) is 2.90. The molecule has 98 valence electrons. The fourth-order valence-corrected chi connectivity index (χ4v) is 1.98. The number of carbonyl (C=O) groups excluding carboxylic acids is 1. The largest absolute Gasteiger partial charge is 0.456 e. The van der Waals surface area contributed by atoms with Crippen molar-refractivity contribution in [1.29, 1.82) is 0 Å². The number of hydrogen-bond acceptors (Lipinski definition) is 5. The summed E-state index contributed by atoms with van der Waals surface area (Å²) < 4.78 is 5.71. The number of aldehydes is 1. The Balaban J connectivity index is 2.16. The number of rotatable bonds is 3. The Morgan fingerprint density at radius 1 is 1.25 bits per heavy atom. The van der Waals surface area contributed by atoms with E-state index < -0.39 is 0 Å². The third kappa shape index (κ3) is 2.31. The van der Waals surface area contributed by atoms with Crippen LogP contribution in [0.3, 0.4) is 0 Å². The number of allylic oxidation sites excluding steroid dienone is 1. The lowest BCUT2D eigenvalue weighted by molar-refractivity contribution is -0.104. The molecule has 0 saturated carbocycles. The van der Waals surface area contributed by atoms with E-state index in [0.717, 1.165) is 11.0 Å². The predicted molar refractivity (Wildman–Crippen MR) is 74.2 cm³/mol. The molecule has 0 radical (unpaired) electrons. The zero-order chi connectivity index (χ0) is 13.9. The summed E-state index contributed by atoms with van der Waals surface area (Å²) in [6.45, 7) is 0. The molecule has 0 saturated heterocycles. The van der Waals surface area contributed by atoms with Crippen molar-refractivity contribution in [2.24, 2.45) is 0 Å². The Morgan fingerprint density at radius 3 is 2.85 bits per heavy atom. The lowest BCUT2D eigenvalue weighted by atomic mass is 10.1. The summed E-state index contributed by atoms with van der Waals surface area (Å²) >= 11 is 5.75. The molecule has 0 unspecified atom stereocenters. The second-order valence-corrected chi connectivity index (χ2v) is 4.28. The highest BCUT2D eigenvalue weighted by atomic mass is 35.5. The molecule has 0 atom stereocenters. The van der Waals surface area contributed by atoms with Crippen LogP contribution in [0, 0.1) is 0 Å². The van der Waals surface area contributed by atoms with Gasteiger partial charge in [0.25, 0.3) is 0 Å². The van der Waals surface area contributed by atoms with Crippen molar-refractivity contribution in [3.05, 3.63) is 59.6 Å². The van der Waals surface area contributed by atoms with Gasteiger partial charge in [0.05, 0.1) is 5.57 Å². The molecule has 0 spiro atoms. The molecule has 0 aliphatic carbocycles. The van der Waals surface area contributed by atoms with Crippen LogP contribution in [0.4, 0.5) is 0 Å². The highest BCUT2D eigenvalue weighted by Gasteiger charge is 2.14. The Labute approximate surface area is 118 Å². The molecule has 0 fully saturated rings. The lowest BCUT2D eigenvalue weighted by Gasteiger charge is -2.01. The summed E-state index contributed by atoms with van der Waals surface area (Å²) in [6, 6.07) is 9.37. The molecule has 2 aromatic heterocycles. The van der Waals surface area contributed by atoms with Crippen LogP contribution in [0.15, 0.2) is 47.2 Å². The summed E-state index contributed by atoms with van der Waals surface area (Å²) in [7, 11) is 0. The number of para-hydroxylation sites is 1. The smallest absolute Gasteiger partial charge is 0.225 e. The van der Waals surface area contributed by atoms with Gasteiger partial charge >= 0.3 is 0 Å². The number of benzene rings is 1. The molecule has 0 amide bonds. The van der Waals surface area contributed by atoms with Gasteiger partial charge in [-0.2, -0.15) is 4.98 Å². The summed E-state index contributed by atoms with van der Waals surface area (Å²) in [5, 5.41) is 0.988. The number of hydrogen-bond donors (Lipinski definition) is 0. The van der Waals surface area contributed by atoms with Crippen LogP contribution in [-0.4, -0.2) is 21.2 Å². The van der Waals surface area contributed by atoms with Crippen molar-refractivity contribution < 1.29 is 9.21 Å². The summed E-state index contributed by atoms with van der Waals surface area (Å²) in [6.07, 6.45) is 3.27. The van der Waals surface area contributed by atoms with Crippen LogP contribution in [0.2, 0.25) is 5.28 Å². The standard InChI is InChI=1S/C14H8ClN3O2/c15-14-17-8-16-13(18-14)10(5-6-19)12-7-9-3-1-2-4-11(9)20-12/h1-8H/b10-5+. The van der Waals surface area contributed by atoms with Crippen molar-refractivity contribution in [1.82, 2.24) is 15.0 Å². The number of aromatic nitrogens is 3. The van der Waals surface area contributed by atoms with E-state index in [9.17, 15) is 4.79 Å². The molecular formula is C14H8ClN3O2. The summed E-state index contributed by atoms with van der Waals surface area (Å²) in [5.74, 6) is 0.789. The van der Waals surface area contributed by atoms with E-state index in [4.69, 9.17) is 16.0 Å². The van der Waals surface area contributed by atoms with Gasteiger partial charge in [0.15, 0.2) is 5.82 Å².